The number of nitrogens with zero attached hydrogens (tertiary/aromatic N) is 3. The maximum absolute atomic E-state index is 11.9. The van der Waals surface area contributed by atoms with Crippen LogP contribution in [0.15, 0.2) is 46.5 Å². The lowest BCUT2D eigenvalue weighted by atomic mass is 10.3. The predicted molar refractivity (Wildman–Crippen MR) is 125 cm³/mol. The van der Waals surface area contributed by atoms with Crippen LogP contribution in [0.25, 0.3) is 0 Å². The third-order valence-corrected chi connectivity index (χ3v) is 5.72. The van der Waals surface area contributed by atoms with Crippen LogP contribution in [0.4, 0.5) is 17.3 Å². The number of hydrogen-bond donors (Lipinski definition) is 5. The molecule has 1 fully saturated rings. The number of carbonyl (C=O) groups is 2. The summed E-state index contributed by atoms with van der Waals surface area (Å²) in [6, 6.07) is 11.0. The maximum Gasteiger partial charge on any atom is 0.243 e. The van der Waals surface area contributed by atoms with Crippen molar-refractivity contribution in [2.24, 2.45) is 5.92 Å². The van der Waals surface area contributed by atoms with Gasteiger partial charge in [-0.15, -0.1) is 0 Å². The number of aryl methyl sites for hydroxylation is 1. The Labute approximate surface area is 200 Å². The van der Waals surface area contributed by atoms with Crippen LogP contribution >= 0.6 is 11.8 Å². The van der Waals surface area contributed by atoms with Crippen LogP contribution < -0.4 is 20.9 Å². The van der Waals surface area contributed by atoms with Crippen LogP contribution in [0.3, 0.4) is 0 Å². The molecule has 2 aromatic heterocycles. The zero-order valence-electron chi connectivity index (χ0n) is 18.5. The molecule has 34 heavy (non-hydrogen) atoms. The summed E-state index contributed by atoms with van der Waals surface area (Å²) in [5, 5.41) is 22.1. The molecule has 4 rings (SSSR count). The van der Waals surface area contributed by atoms with E-state index in [0.717, 1.165) is 29.1 Å². The van der Waals surface area contributed by atoms with E-state index in [9.17, 15) is 9.59 Å². The number of amides is 2. The maximum atomic E-state index is 11.9. The molecule has 178 valence electrons. The summed E-state index contributed by atoms with van der Waals surface area (Å²) in [6.45, 7) is 2.14. The molecule has 1 aliphatic carbocycles. The van der Waals surface area contributed by atoms with Crippen molar-refractivity contribution in [3.05, 3.63) is 42.1 Å². The van der Waals surface area contributed by atoms with E-state index in [0.29, 0.717) is 29.1 Å². The van der Waals surface area contributed by atoms with E-state index >= 15 is 0 Å². The second kappa shape index (κ2) is 11.0. The molecule has 1 aromatic carbocycles. The van der Waals surface area contributed by atoms with Crippen molar-refractivity contribution in [2.45, 2.75) is 42.7 Å². The van der Waals surface area contributed by atoms with E-state index in [4.69, 9.17) is 9.94 Å². The molecule has 2 heterocycles. The molecule has 0 bridgehead atoms. The highest BCUT2D eigenvalue weighted by Gasteiger charge is 2.29. The molecule has 0 aliphatic heterocycles. The standard InChI is InChI=1S/C22H25N7O4S/c1-13-11-18(28-27-13)24-17-12-20(33-10-2-3-19(30)29-32)26-22(25-17)34-16-8-6-15(7-9-16)23-21(31)14-4-5-14/h6-9,11-12,14,32H,2-5,10H2,1H3,(H,23,31)(H,29,30)(H2,24,25,26,27,28). The van der Waals surface area contributed by atoms with Crippen molar-refractivity contribution < 1.29 is 19.5 Å². The minimum atomic E-state index is -0.476. The molecular formula is C22H25N7O4S. The fourth-order valence-corrected chi connectivity index (χ4v) is 3.73. The van der Waals surface area contributed by atoms with Crippen LogP contribution in [-0.2, 0) is 9.59 Å². The second-order valence-corrected chi connectivity index (χ2v) is 8.85. The van der Waals surface area contributed by atoms with Crippen molar-refractivity contribution in [3.8, 4) is 5.88 Å². The molecule has 1 aliphatic rings. The van der Waals surface area contributed by atoms with Gasteiger partial charge in [0.1, 0.15) is 5.82 Å². The summed E-state index contributed by atoms with van der Waals surface area (Å²) in [4.78, 5) is 33.0. The minimum Gasteiger partial charge on any atom is -0.477 e. The lowest BCUT2D eigenvalue weighted by molar-refractivity contribution is -0.129. The Kier molecular flexibility index (Phi) is 7.60. The lowest BCUT2D eigenvalue weighted by Crippen LogP contribution is -2.18. The summed E-state index contributed by atoms with van der Waals surface area (Å²) in [6.07, 6.45) is 2.45. The van der Waals surface area contributed by atoms with E-state index in [1.165, 1.54) is 11.8 Å². The SMILES string of the molecule is Cc1cc(Nc2cc(OCCCC(=O)NO)nc(Sc3ccc(NC(=O)C4CC4)cc3)n2)n[nH]1. The number of ether oxygens (including phenoxy) is 1. The third kappa shape index (κ3) is 6.93. The Hall–Kier alpha value is -3.64. The number of rotatable bonds is 11. The largest absolute Gasteiger partial charge is 0.477 e. The normalized spacial score (nSPS) is 12.8. The average Bonchev–Trinajstić information content (AvgIpc) is 3.60. The number of carbonyl (C=O) groups excluding carboxylic acids is 2. The van der Waals surface area contributed by atoms with E-state index in [2.05, 4.69) is 30.8 Å². The highest BCUT2D eigenvalue weighted by molar-refractivity contribution is 7.99. The van der Waals surface area contributed by atoms with Gasteiger partial charge in [0.25, 0.3) is 0 Å². The smallest absolute Gasteiger partial charge is 0.243 e. The fourth-order valence-electron chi connectivity index (χ4n) is 2.97. The van der Waals surface area contributed by atoms with Gasteiger partial charge in [0.2, 0.25) is 17.7 Å². The van der Waals surface area contributed by atoms with Gasteiger partial charge in [-0.3, -0.25) is 19.9 Å². The Morgan fingerprint density at radius 2 is 1.97 bits per heavy atom. The van der Waals surface area contributed by atoms with Gasteiger partial charge in [-0.05, 0) is 62.2 Å². The van der Waals surface area contributed by atoms with Crippen LogP contribution in [0.1, 0.15) is 31.4 Å². The quantitative estimate of drug-likeness (QED) is 0.119. The number of nitrogens with one attached hydrogen (secondary N) is 4. The Bertz CT molecular complexity index is 1150. The van der Waals surface area contributed by atoms with Gasteiger partial charge < -0.3 is 15.4 Å². The monoisotopic (exact) mass is 483 g/mol. The van der Waals surface area contributed by atoms with Gasteiger partial charge in [0.15, 0.2) is 11.0 Å². The molecule has 0 radical (unpaired) electrons. The molecule has 0 saturated heterocycles. The topological polar surface area (TPSA) is 154 Å². The summed E-state index contributed by atoms with van der Waals surface area (Å²) in [5.74, 6) is 1.18. The highest BCUT2D eigenvalue weighted by atomic mass is 32.2. The van der Waals surface area contributed by atoms with Gasteiger partial charge in [-0.1, -0.05) is 0 Å². The van der Waals surface area contributed by atoms with Crippen molar-refractivity contribution in [2.75, 3.05) is 17.2 Å². The second-order valence-electron chi connectivity index (χ2n) is 7.81. The van der Waals surface area contributed by atoms with Crippen LogP contribution in [0.2, 0.25) is 0 Å². The van der Waals surface area contributed by atoms with Gasteiger partial charge in [-0.2, -0.15) is 10.1 Å². The average molecular weight is 484 g/mol. The van der Waals surface area contributed by atoms with E-state index in [-0.39, 0.29) is 24.9 Å². The summed E-state index contributed by atoms with van der Waals surface area (Å²) in [7, 11) is 0. The number of H-pyrrole nitrogens is 1. The van der Waals surface area contributed by atoms with Gasteiger partial charge in [0.05, 0.1) is 6.61 Å². The fraction of sp³-hybridized carbons (Fsp3) is 0.318. The number of aromatic nitrogens is 4. The number of hydrogen-bond acceptors (Lipinski definition) is 9. The van der Waals surface area contributed by atoms with Gasteiger partial charge >= 0.3 is 0 Å². The number of benzene rings is 1. The zero-order valence-corrected chi connectivity index (χ0v) is 19.3. The first-order valence-electron chi connectivity index (χ1n) is 10.8. The third-order valence-electron chi connectivity index (χ3n) is 4.85. The van der Waals surface area contributed by atoms with Crippen LogP contribution in [0, 0.1) is 12.8 Å². The first-order chi connectivity index (χ1) is 16.5. The van der Waals surface area contributed by atoms with E-state index < -0.39 is 5.91 Å². The molecule has 5 N–H and O–H groups in total. The summed E-state index contributed by atoms with van der Waals surface area (Å²) >= 11 is 1.35. The van der Waals surface area contributed by atoms with Gasteiger partial charge in [-0.25, -0.2) is 10.5 Å². The van der Waals surface area contributed by atoms with Crippen molar-refractivity contribution in [1.29, 1.82) is 0 Å². The first-order valence-corrected chi connectivity index (χ1v) is 11.6. The number of aromatic amines is 1. The molecule has 11 nitrogen and oxygen atoms in total. The van der Waals surface area contributed by atoms with Crippen molar-refractivity contribution in [3.63, 3.8) is 0 Å². The minimum absolute atomic E-state index is 0.0642. The van der Waals surface area contributed by atoms with Crippen molar-refractivity contribution in [1.82, 2.24) is 25.6 Å². The first kappa shape index (κ1) is 23.5. The Morgan fingerprint density at radius 1 is 1.18 bits per heavy atom. The van der Waals surface area contributed by atoms with Gasteiger partial charge in [0, 0.05) is 40.7 Å². The molecular weight excluding hydrogens is 458 g/mol. The Balaban J connectivity index is 1.44. The summed E-state index contributed by atoms with van der Waals surface area (Å²) in [5.41, 5.74) is 3.25. The Morgan fingerprint density at radius 3 is 2.65 bits per heavy atom. The molecule has 0 unspecified atom stereocenters. The van der Waals surface area contributed by atoms with Crippen LogP contribution in [0.5, 0.6) is 5.88 Å². The van der Waals surface area contributed by atoms with E-state index in [1.54, 1.807) is 11.5 Å². The van der Waals surface area contributed by atoms with E-state index in [1.807, 2.05) is 37.3 Å². The molecule has 12 heteroatoms. The molecule has 0 atom stereocenters. The zero-order chi connectivity index (χ0) is 23.9. The number of hydroxylamine groups is 1. The number of anilines is 3. The molecule has 0 spiro atoms. The molecule has 2 amide bonds. The lowest BCUT2D eigenvalue weighted by Gasteiger charge is -2.10. The van der Waals surface area contributed by atoms with Crippen molar-refractivity contribution >= 4 is 40.9 Å². The summed E-state index contributed by atoms with van der Waals surface area (Å²) < 4.78 is 5.71. The highest BCUT2D eigenvalue weighted by Crippen LogP contribution is 2.32. The molecule has 3 aromatic rings. The van der Waals surface area contributed by atoms with Crippen LogP contribution in [-0.4, -0.2) is 43.8 Å². The molecule has 1 saturated carbocycles. The predicted octanol–water partition coefficient (Wildman–Crippen LogP) is 3.42.